The lowest BCUT2D eigenvalue weighted by molar-refractivity contribution is -0.120. The number of esters is 2. The molecule has 10 heteroatoms. The summed E-state index contributed by atoms with van der Waals surface area (Å²) in [4.78, 5) is 40.2. The third kappa shape index (κ3) is 5.07. The summed E-state index contributed by atoms with van der Waals surface area (Å²) in [5, 5.41) is 13.5. The first-order valence-corrected chi connectivity index (χ1v) is 11.6. The molecule has 4 rings (SSSR count). The Morgan fingerprint density at radius 3 is 2.38 bits per heavy atom. The maximum Gasteiger partial charge on any atom is 0.339 e. The number of benzene rings is 1. The molecule has 1 aromatic carbocycles. The number of hydrogen-bond acceptors (Lipinski definition) is 9. The third-order valence-electron chi connectivity index (χ3n) is 5.72. The van der Waals surface area contributed by atoms with Gasteiger partial charge in [0.05, 0.1) is 35.9 Å². The van der Waals surface area contributed by atoms with Gasteiger partial charge in [-0.05, 0) is 54.6 Å². The maximum absolute atomic E-state index is 13.0. The highest BCUT2D eigenvalue weighted by molar-refractivity contribution is 7.13. The van der Waals surface area contributed by atoms with Crippen molar-refractivity contribution in [1.29, 1.82) is 0 Å². The Hall–Kier alpha value is -3.79. The molecule has 0 atom stereocenters. The van der Waals surface area contributed by atoms with Crippen LogP contribution in [0.1, 0.15) is 33.6 Å². The predicted octanol–water partition coefficient (Wildman–Crippen LogP) is 3.63. The van der Waals surface area contributed by atoms with Crippen molar-refractivity contribution in [2.24, 2.45) is 5.92 Å². The number of ether oxygens (including phenoxy) is 2. The van der Waals surface area contributed by atoms with Crippen molar-refractivity contribution in [2.75, 3.05) is 37.5 Å². The number of aromatic nitrogens is 2. The molecule has 176 valence electrons. The molecule has 1 N–H and O–H groups in total. The lowest BCUT2D eigenvalue weighted by atomic mass is 9.95. The van der Waals surface area contributed by atoms with Crippen LogP contribution in [0, 0.1) is 5.92 Å². The average molecular weight is 481 g/mol. The second kappa shape index (κ2) is 10.4. The lowest BCUT2D eigenvalue weighted by Gasteiger charge is -2.32. The van der Waals surface area contributed by atoms with Gasteiger partial charge in [-0.1, -0.05) is 6.07 Å². The summed E-state index contributed by atoms with van der Waals surface area (Å²) >= 11 is 1.61. The number of piperidine rings is 1. The number of anilines is 2. The first-order valence-electron chi connectivity index (χ1n) is 10.7. The van der Waals surface area contributed by atoms with Crippen LogP contribution in [0.2, 0.25) is 0 Å². The van der Waals surface area contributed by atoms with Gasteiger partial charge < -0.3 is 19.7 Å². The molecule has 34 heavy (non-hydrogen) atoms. The van der Waals surface area contributed by atoms with E-state index in [1.165, 1.54) is 32.4 Å². The molecule has 1 aliphatic rings. The molecule has 1 saturated heterocycles. The summed E-state index contributed by atoms with van der Waals surface area (Å²) in [7, 11) is 2.52. The van der Waals surface area contributed by atoms with Gasteiger partial charge in [0.15, 0.2) is 5.82 Å². The first kappa shape index (κ1) is 23.4. The molecule has 3 heterocycles. The van der Waals surface area contributed by atoms with Gasteiger partial charge in [-0.15, -0.1) is 21.5 Å². The Kier molecular flexibility index (Phi) is 7.17. The van der Waals surface area contributed by atoms with Crippen LogP contribution in [-0.2, 0) is 14.3 Å². The standard InChI is InChI=1S/C24H24N4O5S/c1-32-23(30)16-5-6-17(24(31)33-2)19(14-16)25-22(29)15-9-11-28(12-10-15)21-8-7-18(26-27-21)20-4-3-13-34-20/h3-8,13-15H,9-12H2,1-2H3,(H,25,29). The highest BCUT2D eigenvalue weighted by Gasteiger charge is 2.27. The second-order valence-electron chi connectivity index (χ2n) is 7.75. The van der Waals surface area contributed by atoms with Crippen LogP contribution in [0.3, 0.4) is 0 Å². The summed E-state index contributed by atoms with van der Waals surface area (Å²) in [6, 6.07) is 12.2. The van der Waals surface area contributed by atoms with Gasteiger partial charge in [-0.3, -0.25) is 4.79 Å². The highest BCUT2D eigenvalue weighted by atomic mass is 32.1. The molecule has 0 spiro atoms. The van der Waals surface area contributed by atoms with Gasteiger partial charge in [-0.2, -0.15) is 0 Å². The van der Waals surface area contributed by atoms with E-state index in [-0.39, 0.29) is 28.6 Å². The van der Waals surface area contributed by atoms with Crippen LogP contribution in [0.5, 0.6) is 0 Å². The Balaban J connectivity index is 1.41. The van der Waals surface area contributed by atoms with Crippen molar-refractivity contribution in [3.8, 4) is 10.6 Å². The van der Waals surface area contributed by atoms with Crippen molar-refractivity contribution in [3.05, 3.63) is 59.0 Å². The molecule has 1 aliphatic heterocycles. The first-order chi connectivity index (χ1) is 16.5. The summed E-state index contributed by atoms with van der Waals surface area (Å²) in [6.07, 6.45) is 1.23. The monoisotopic (exact) mass is 480 g/mol. The number of methoxy groups -OCH3 is 2. The molecule has 0 bridgehead atoms. The van der Waals surface area contributed by atoms with E-state index in [2.05, 4.69) is 20.4 Å². The Morgan fingerprint density at radius 2 is 1.76 bits per heavy atom. The number of thiophene rings is 1. The molecular weight excluding hydrogens is 456 g/mol. The molecule has 0 unspecified atom stereocenters. The van der Waals surface area contributed by atoms with Crippen molar-refractivity contribution in [2.45, 2.75) is 12.8 Å². The molecule has 9 nitrogen and oxygen atoms in total. The minimum atomic E-state index is -0.605. The normalized spacial score (nSPS) is 13.9. The number of hydrogen-bond donors (Lipinski definition) is 1. The summed E-state index contributed by atoms with van der Waals surface area (Å²) in [5.41, 5.74) is 1.45. The van der Waals surface area contributed by atoms with Crippen molar-refractivity contribution < 1.29 is 23.9 Å². The van der Waals surface area contributed by atoms with Crippen LogP contribution in [-0.4, -0.2) is 55.4 Å². The van der Waals surface area contributed by atoms with Crippen molar-refractivity contribution in [1.82, 2.24) is 10.2 Å². The average Bonchev–Trinajstić information content (AvgIpc) is 3.43. The van der Waals surface area contributed by atoms with Crippen molar-refractivity contribution >= 4 is 40.7 Å². The molecule has 1 amide bonds. The number of carbonyl (C=O) groups excluding carboxylic acids is 3. The third-order valence-corrected chi connectivity index (χ3v) is 6.61. The molecule has 3 aromatic rings. The minimum Gasteiger partial charge on any atom is -0.465 e. The van der Waals surface area contributed by atoms with Crippen molar-refractivity contribution in [3.63, 3.8) is 0 Å². The van der Waals surface area contributed by atoms with Gasteiger partial charge in [0, 0.05) is 19.0 Å². The van der Waals surface area contributed by atoms with Gasteiger partial charge in [0.2, 0.25) is 5.91 Å². The maximum atomic E-state index is 13.0. The number of amides is 1. The van der Waals surface area contributed by atoms with Crippen LogP contribution in [0.15, 0.2) is 47.8 Å². The summed E-state index contributed by atoms with van der Waals surface area (Å²) < 4.78 is 9.54. The van der Waals surface area contributed by atoms with E-state index in [0.29, 0.717) is 25.9 Å². The van der Waals surface area contributed by atoms with Crippen LogP contribution >= 0.6 is 11.3 Å². The minimum absolute atomic E-state index is 0.169. The molecule has 0 saturated carbocycles. The molecule has 2 aromatic heterocycles. The van der Waals surface area contributed by atoms with Crippen LogP contribution in [0.4, 0.5) is 11.5 Å². The van der Waals surface area contributed by atoms with Gasteiger partial charge >= 0.3 is 11.9 Å². The van der Waals surface area contributed by atoms with E-state index in [1.54, 1.807) is 11.3 Å². The number of nitrogens with one attached hydrogen (secondary N) is 1. The summed E-state index contributed by atoms with van der Waals surface area (Å²) in [5.74, 6) is -0.858. The smallest absolute Gasteiger partial charge is 0.339 e. The fraction of sp³-hybridized carbons (Fsp3) is 0.292. The van der Waals surface area contributed by atoms with E-state index in [1.807, 2.05) is 29.6 Å². The zero-order chi connectivity index (χ0) is 24.1. The van der Waals surface area contributed by atoms with E-state index in [0.717, 1.165) is 16.4 Å². The van der Waals surface area contributed by atoms with E-state index in [9.17, 15) is 14.4 Å². The van der Waals surface area contributed by atoms with E-state index < -0.39 is 11.9 Å². The van der Waals surface area contributed by atoms with Gasteiger partial charge in [-0.25, -0.2) is 9.59 Å². The fourth-order valence-electron chi connectivity index (χ4n) is 3.84. The Bertz CT molecular complexity index is 1170. The second-order valence-corrected chi connectivity index (χ2v) is 8.70. The Morgan fingerprint density at radius 1 is 1.00 bits per heavy atom. The zero-order valence-electron chi connectivity index (χ0n) is 18.8. The Labute approximate surface area is 200 Å². The van der Waals surface area contributed by atoms with Gasteiger partial charge in [0.1, 0.15) is 5.69 Å². The van der Waals surface area contributed by atoms with Crippen LogP contribution in [0.25, 0.3) is 10.6 Å². The SMILES string of the molecule is COC(=O)c1ccc(C(=O)OC)c(NC(=O)C2CCN(c3ccc(-c4cccs4)nn3)CC2)c1. The quantitative estimate of drug-likeness (QED) is 0.533. The fourth-order valence-corrected chi connectivity index (χ4v) is 4.53. The predicted molar refractivity (Wildman–Crippen MR) is 128 cm³/mol. The van der Waals surface area contributed by atoms with E-state index in [4.69, 9.17) is 9.47 Å². The largest absolute Gasteiger partial charge is 0.465 e. The molecule has 0 radical (unpaired) electrons. The van der Waals surface area contributed by atoms with Gasteiger partial charge in [0.25, 0.3) is 0 Å². The zero-order valence-corrected chi connectivity index (χ0v) is 19.6. The van der Waals surface area contributed by atoms with E-state index >= 15 is 0 Å². The summed E-state index contributed by atoms with van der Waals surface area (Å²) in [6.45, 7) is 1.30. The molecule has 0 aliphatic carbocycles. The lowest BCUT2D eigenvalue weighted by Crippen LogP contribution is -2.38. The van der Waals surface area contributed by atoms with Crippen LogP contribution < -0.4 is 10.2 Å². The number of carbonyl (C=O) groups is 3. The highest BCUT2D eigenvalue weighted by Crippen LogP contribution is 2.27. The molecule has 1 fully saturated rings. The number of nitrogens with zero attached hydrogens (tertiary/aromatic N) is 3. The number of rotatable bonds is 6. The molecular formula is C24H24N4O5S. The topological polar surface area (TPSA) is 111 Å².